The third kappa shape index (κ3) is 4.55. The van der Waals surface area contributed by atoms with Gasteiger partial charge in [-0.15, -0.1) is 0 Å². The van der Waals surface area contributed by atoms with Crippen molar-refractivity contribution in [2.24, 2.45) is 7.05 Å². The minimum Gasteiger partial charge on any atom is -0.356 e. The Balaban J connectivity index is 2.13. The van der Waals surface area contributed by atoms with Gasteiger partial charge in [-0.2, -0.15) is 5.10 Å². The number of carbonyl (C=O) groups excluding carboxylic acids is 1. The van der Waals surface area contributed by atoms with Gasteiger partial charge in [0.15, 0.2) is 5.82 Å². The Morgan fingerprint density at radius 2 is 2.33 bits per heavy atom. The Labute approximate surface area is 89.1 Å². The molecule has 1 aromatic rings. The van der Waals surface area contributed by atoms with Crippen molar-refractivity contribution in [2.45, 2.75) is 12.8 Å². The zero-order valence-corrected chi connectivity index (χ0v) is 9.16. The second kappa shape index (κ2) is 6.13. The molecule has 84 valence electrons. The van der Waals surface area contributed by atoms with Crippen molar-refractivity contribution in [2.75, 3.05) is 20.1 Å². The first-order valence-corrected chi connectivity index (χ1v) is 4.98. The van der Waals surface area contributed by atoms with Crippen LogP contribution < -0.4 is 10.6 Å². The molecule has 1 amide bonds. The summed E-state index contributed by atoms with van der Waals surface area (Å²) in [7, 11) is 3.65. The summed E-state index contributed by atoms with van der Waals surface area (Å²) in [5.41, 5.74) is 0. The molecule has 0 aromatic carbocycles. The molecule has 0 radical (unpaired) electrons. The number of amides is 1. The van der Waals surface area contributed by atoms with Gasteiger partial charge in [0.2, 0.25) is 5.91 Å². The van der Waals surface area contributed by atoms with Crippen LogP contribution in [0.5, 0.6) is 0 Å². The summed E-state index contributed by atoms with van der Waals surface area (Å²) in [6.45, 7) is 1.29. The maximum atomic E-state index is 11.2. The number of carbonyl (C=O) groups is 1. The normalized spacial score (nSPS) is 10.3. The monoisotopic (exact) mass is 211 g/mol. The van der Waals surface area contributed by atoms with E-state index < -0.39 is 0 Å². The fraction of sp³-hybridized carbons (Fsp3) is 0.667. The Hall–Kier alpha value is -1.43. The Morgan fingerprint density at radius 3 is 2.93 bits per heavy atom. The van der Waals surface area contributed by atoms with Crippen molar-refractivity contribution in [3.63, 3.8) is 0 Å². The highest BCUT2D eigenvalue weighted by Gasteiger charge is 2.01. The van der Waals surface area contributed by atoms with E-state index in [1.165, 1.54) is 0 Å². The summed E-state index contributed by atoms with van der Waals surface area (Å²) in [5, 5.41) is 9.84. The van der Waals surface area contributed by atoms with Crippen molar-refractivity contribution in [3.8, 4) is 0 Å². The minimum atomic E-state index is 0.0558. The zero-order chi connectivity index (χ0) is 11.1. The first-order valence-electron chi connectivity index (χ1n) is 4.98. The van der Waals surface area contributed by atoms with E-state index >= 15 is 0 Å². The number of nitrogens with zero attached hydrogens (tertiary/aromatic N) is 3. The topological polar surface area (TPSA) is 71.8 Å². The number of nitrogens with one attached hydrogen (secondary N) is 2. The Morgan fingerprint density at radius 1 is 1.53 bits per heavy atom. The van der Waals surface area contributed by atoms with Gasteiger partial charge in [0, 0.05) is 33.0 Å². The largest absolute Gasteiger partial charge is 0.356 e. The van der Waals surface area contributed by atoms with E-state index in [1.807, 2.05) is 14.1 Å². The van der Waals surface area contributed by atoms with E-state index in [9.17, 15) is 4.79 Å². The van der Waals surface area contributed by atoms with Crippen LogP contribution in [0.1, 0.15) is 12.2 Å². The number of hydrogen-bond acceptors (Lipinski definition) is 4. The van der Waals surface area contributed by atoms with Gasteiger partial charge in [0.1, 0.15) is 6.33 Å². The van der Waals surface area contributed by atoms with E-state index in [1.54, 1.807) is 11.0 Å². The molecule has 1 heterocycles. The molecule has 1 aromatic heterocycles. The van der Waals surface area contributed by atoms with E-state index in [-0.39, 0.29) is 5.91 Å². The van der Waals surface area contributed by atoms with Crippen LogP contribution in [0.25, 0.3) is 0 Å². The van der Waals surface area contributed by atoms with E-state index in [0.717, 1.165) is 5.82 Å². The molecule has 6 heteroatoms. The van der Waals surface area contributed by atoms with Crippen LogP contribution in [0.2, 0.25) is 0 Å². The Bertz CT molecular complexity index is 309. The summed E-state index contributed by atoms with van der Waals surface area (Å²) >= 11 is 0. The molecule has 0 saturated carbocycles. The maximum absolute atomic E-state index is 11.2. The molecule has 0 saturated heterocycles. The van der Waals surface area contributed by atoms with Crippen LogP contribution in [-0.4, -0.2) is 40.8 Å². The summed E-state index contributed by atoms with van der Waals surface area (Å²) in [4.78, 5) is 15.3. The fourth-order valence-corrected chi connectivity index (χ4v) is 1.14. The number of aromatic nitrogens is 3. The van der Waals surface area contributed by atoms with Crippen molar-refractivity contribution in [1.82, 2.24) is 25.4 Å². The number of hydrogen-bond donors (Lipinski definition) is 2. The Kier molecular flexibility index (Phi) is 4.76. The fourth-order valence-electron chi connectivity index (χ4n) is 1.14. The lowest BCUT2D eigenvalue weighted by molar-refractivity contribution is -0.120. The molecule has 0 atom stereocenters. The van der Waals surface area contributed by atoms with Crippen molar-refractivity contribution < 1.29 is 4.79 Å². The van der Waals surface area contributed by atoms with Gasteiger partial charge in [0.25, 0.3) is 0 Å². The highest BCUT2D eigenvalue weighted by atomic mass is 16.1. The first-order chi connectivity index (χ1) is 7.22. The molecule has 15 heavy (non-hydrogen) atoms. The van der Waals surface area contributed by atoms with Crippen LogP contribution in [-0.2, 0) is 18.3 Å². The quantitative estimate of drug-likeness (QED) is 0.638. The molecule has 1 rings (SSSR count). The standard InChI is InChI=1S/C9H17N5O/c1-10-5-4-9(15)11-6-3-8-12-7-14(2)13-8/h7,10H,3-6H2,1-2H3,(H,11,15). The second-order valence-corrected chi connectivity index (χ2v) is 3.29. The van der Waals surface area contributed by atoms with Crippen molar-refractivity contribution in [3.05, 3.63) is 12.2 Å². The second-order valence-electron chi connectivity index (χ2n) is 3.29. The summed E-state index contributed by atoms with van der Waals surface area (Å²) in [5.74, 6) is 0.812. The molecular weight excluding hydrogens is 194 g/mol. The van der Waals surface area contributed by atoms with E-state index in [0.29, 0.717) is 25.9 Å². The predicted octanol–water partition coefficient (Wildman–Crippen LogP) is -0.917. The van der Waals surface area contributed by atoms with Gasteiger partial charge in [-0.05, 0) is 7.05 Å². The van der Waals surface area contributed by atoms with Crippen LogP contribution in [0.15, 0.2) is 6.33 Å². The zero-order valence-electron chi connectivity index (χ0n) is 9.16. The maximum Gasteiger partial charge on any atom is 0.221 e. The van der Waals surface area contributed by atoms with Gasteiger partial charge >= 0.3 is 0 Å². The summed E-state index contributed by atoms with van der Waals surface area (Å²) in [6, 6.07) is 0. The minimum absolute atomic E-state index is 0.0558. The number of aryl methyl sites for hydroxylation is 1. The lowest BCUT2D eigenvalue weighted by Gasteiger charge is -2.02. The highest BCUT2D eigenvalue weighted by Crippen LogP contribution is 1.88. The van der Waals surface area contributed by atoms with Crippen LogP contribution in [0.3, 0.4) is 0 Å². The number of rotatable bonds is 6. The van der Waals surface area contributed by atoms with Crippen molar-refractivity contribution in [1.29, 1.82) is 0 Å². The SMILES string of the molecule is CNCCC(=O)NCCc1ncn(C)n1. The molecule has 0 unspecified atom stereocenters. The average Bonchev–Trinajstić information content (AvgIpc) is 2.61. The highest BCUT2D eigenvalue weighted by molar-refractivity contribution is 5.75. The molecule has 0 aliphatic carbocycles. The molecule has 0 spiro atoms. The molecule has 0 bridgehead atoms. The van der Waals surface area contributed by atoms with Crippen LogP contribution in [0, 0.1) is 0 Å². The van der Waals surface area contributed by atoms with Gasteiger partial charge in [0.05, 0.1) is 0 Å². The van der Waals surface area contributed by atoms with Crippen molar-refractivity contribution >= 4 is 5.91 Å². The van der Waals surface area contributed by atoms with Gasteiger partial charge in [-0.3, -0.25) is 9.48 Å². The smallest absolute Gasteiger partial charge is 0.221 e. The predicted molar refractivity (Wildman–Crippen MR) is 56.3 cm³/mol. The van der Waals surface area contributed by atoms with Gasteiger partial charge in [-0.1, -0.05) is 0 Å². The third-order valence-corrected chi connectivity index (χ3v) is 1.92. The molecule has 0 aliphatic rings. The molecule has 0 aliphatic heterocycles. The van der Waals surface area contributed by atoms with E-state index in [4.69, 9.17) is 0 Å². The van der Waals surface area contributed by atoms with Crippen LogP contribution in [0.4, 0.5) is 0 Å². The average molecular weight is 211 g/mol. The lowest BCUT2D eigenvalue weighted by atomic mass is 10.3. The molecule has 0 fully saturated rings. The first kappa shape index (κ1) is 11.6. The summed E-state index contributed by atoms with van der Waals surface area (Å²) < 4.78 is 1.65. The molecular formula is C9H17N5O. The lowest BCUT2D eigenvalue weighted by Crippen LogP contribution is -2.28. The molecule has 2 N–H and O–H groups in total. The van der Waals surface area contributed by atoms with Gasteiger partial charge in [-0.25, -0.2) is 4.98 Å². The summed E-state index contributed by atoms with van der Waals surface area (Å²) in [6.07, 6.45) is 2.83. The van der Waals surface area contributed by atoms with Gasteiger partial charge < -0.3 is 10.6 Å². The third-order valence-electron chi connectivity index (χ3n) is 1.92. The molecule has 6 nitrogen and oxygen atoms in total. The van der Waals surface area contributed by atoms with Crippen LogP contribution >= 0.6 is 0 Å². The van der Waals surface area contributed by atoms with E-state index in [2.05, 4.69) is 20.7 Å².